The predicted octanol–water partition coefficient (Wildman–Crippen LogP) is 1.32. The monoisotopic (exact) mass is 138 g/mol. The lowest BCUT2D eigenvalue weighted by Gasteiger charge is -2.37. The standard InChI is InChI=1S/C5H5F3O/c6-4(3-9)1-2-5(4,7)8/h3H,1-2H2. The lowest BCUT2D eigenvalue weighted by molar-refractivity contribution is -0.200. The summed E-state index contributed by atoms with van der Waals surface area (Å²) in [5.41, 5.74) is -2.85. The lowest BCUT2D eigenvalue weighted by Crippen LogP contribution is -2.55. The van der Waals surface area contributed by atoms with Gasteiger partial charge in [0.15, 0.2) is 6.29 Å². The summed E-state index contributed by atoms with van der Waals surface area (Å²) < 4.78 is 36.3. The second-order valence-corrected chi connectivity index (χ2v) is 2.18. The summed E-state index contributed by atoms with van der Waals surface area (Å²) in [5.74, 6) is -3.41. The van der Waals surface area contributed by atoms with Crippen LogP contribution in [0.15, 0.2) is 0 Å². The van der Waals surface area contributed by atoms with Gasteiger partial charge in [-0.05, 0) is 0 Å². The fourth-order valence-corrected chi connectivity index (χ4v) is 0.698. The number of carbonyl (C=O) groups excluding carboxylic acids is 1. The average molecular weight is 138 g/mol. The smallest absolute Gasteiger partial charge is 0.288 e. The highest BCUT2D eigenvalue weighted by Crippen LogP contribution is 2.48. The van der Waals surface area contributed by atoms with Gasteiger partial charge in [-0.25, -0.2) is 13.2 Å². The van der Waals surface area contributed by atoms with Crippen LogP contribution >= 0.6 is 0 Å². The Labute approximate surface area is 49.9 Å². The summed E-state index contributed by atoms with van der Waals surface area (Å²) in [5, 5.41) is 0. The van der Waals surface area contributed by atoms with E-state index in [1.807, 2.05) is 0 Å². The second-order valence-electron chi connectivity index (χ2n) is 2.18. The van der Waals surface area contributed by atoms with Crippen molar-refractivity contribution >= 4 is 6.29 Å². The van der Waals surface area contributed by atoms with E-state index < -0.39 is 18.0 Å². The van der Waals surface area contributed by atoms with E-state index >= 15 is 0 Å². The topological polar surface area (TPSA) is 17.1 Å². The van der Waals surface area contributed by atoms with Gasteiger partial charge in [0.05, 0.1) is 0 Å². The molecule has 1 saturated carbocycles. The highest BCUT2D eigenvalue weighted by molar-refractivity contribution is 5.66. The molecule has 0 aromatic rings. The molecule has 0 saturated heterocycles. The number of hydrogen-bond donors (Lipinski definition) is 0. The van der Waals surface area contributed by atoms with Crippen LogP contribution in [0.1, 0.15) is 12.8 Å². The Morgan fingerprint density at radius 1 is 1.22 bits per heavy atom. The Kier molecular flexibility index (Phi) is 1.09. The van der Waals surface area contributed by atoms with Crippen LogP contribution < -0.4 is 0 Å². The summed E-state index contributed by atoms with van der Waals surface area (Å²) in [6, 6.07) is 0. The summed E-state index contributed by atoms with van der Waals surface area (Å²) in [4.78, 5) is 9.67. The molecule has 1 aliphatic rings. The SMILES string of the molecule is O=CC1(F)CCC1(F)F. The van der Waals surface area contributed by atoms with Crippen molar-refractivity contribution in [3.05, 3.63) is 0 Å². The molecule has 1 nitrogen and oxygen atoms in total. The maximum absolute atomic E-state index is 12.3. The molecule has 1 atom stereocenters. The van der Waals surface area contributed by atoms with E-state index in [0.29, 0.717) is 0 Å². The molecule has 0 heterocycles. The maximum atomic E-state index is 12.3. The van der Waals surface area contributed by atoms with Gasteiger partial charge in [-0.15, -0.1) is 0 Å². The van der Waals surface area contributed by atoms with E-state index in [1.165, 1.54) is 0 Å². The molecule has 52 valence electrons. The van der Waals surface area contributed by atoms with Gasteiger partial charge in [0, 0.05) is 12.8 Å². The highest BCUT2D eigenvalue weighted by atomic mass is 19.3. The summed E-state index contributed by atoms with van der Waals surface area (Å²) >= 11 is 0. The molecule has 0 aromatic carbocycles. The molecule has 0 aromatic heterocycles. The van der Waals surface area contributed by atoms with Crippen molar-refractivity contribution in [2.24, 2.45) is 0 Å². The fourth-order valence-electron chi connectivity index (χ4n) is 0.698. The Morgan fingerprint density at radius 2 is 1.78 bits per heavy atom. The molecular formula is C5H5F3O. The molecule has 0 spiro atoms. The number of hydrogen-bond acceptors (Lipinski definition) is 1. The highest BCUT2D eigenvalue weighted by Gasteiger charge is 2.63. The van der Waals surface area contributed by atoms with Crippen molar-refractivity contribution < 1.29 is 18.0 Å². The summed E-state index contributed by atoms with van der Waals surface area (Å²) in [6.45, 7) is 0. The Morgan fingerprint density at radius 3 is 1.78 bits per heavy atom. The minimum absolute atomic E-state index is 0.309. The molecule has 1 aliphatic carbocycles. The molecule has 9 heavy (non-hydrogen) atoms. The third-order valence-corrected chi connectivity index (χ3v) is 1.60. The molecule has 0 bridgehead atoms. The van der Waals surface area contributed by atoms with Crippen LogP contribution in [-0.4, -0.2) is 17.9 Å². The molecule has 1 fully saturated rings. The molecule has 0 aliphatic heterocycles. The van der Waals surface area contributed by atoms with Gasteiger partial charge in [-0.2, -0.15) is 0 Å². The Balaban J connectivity index is 2.73. The van der Waals surface area contributed by atoms with E-state index in [9.17, 15) is 18.0 Å². The number of halogens is 3. The molecule has 4 heteroatoms. The predicted molar refractivity (Wildman–Crippen MR) is 24.1 cm³/mol. The number of carbonyl (C=O) groups is 1. The maximum Gasteiger partial charge on any atom is 0.288 e. The molecular weight excluding hydrogens is 133 g/mol. The van der Waals surface area contributed by atoms with Crippen molar-refractivity contribution in [2.45, 2.75) is 24.4 Å². The minimum atomic E-state index is -3.41. The first kappa shape index (κ1) is 6.58. The van der Waals surface area contributed by atoms with E-state index in [4.69, 9.17) is 0 Å². The number of alkyl halides is 3. The van der Waals surface area contributed by atoms with Gasteiger partial charge in [0.25, 0.3) is 5.92 Å². The first-order valence-corrected chi connectivity index (χ1v) is 2.55. The van der Waals surface area contributed by atoms with Crippen LogP contribution in [0.4, 0.5) is 13.2 Å². The molecule has 1 rings (SSSR count). The van der Waals surface area contributed by atoms with Crippen LogP contribution in [0.2, 0.25) is 0 Å². The van der Waals surface area contributed by atoms with Crippen molar-refractivity contribution in [3.63, 3.8) is 0 Å². The first-order chi connectivity index (χ1) is 4.02. The van der Waals surface area contributed by atoms with Gasteiger partial charge in [-0.3, -0.25) is 4.79 Å². The van der Waals surface area contributed by atoms with Crippen LogP contribution in [0.3, 0.4) is 0 Å². The summed E-state index contributed by atoms with van der Waals surface area (Å²) in [6.07, 6.45) is -1.16. The van der Waals surface area contributed by atoms with Crippen molar-refractivity contribution in [1.29, 1.82) is 0 Å². The van der Waals surface area contributed by atoms with Crippen molar-refractivity contribution in [1.82, 2.24) is 0 Å². The van der Waals surface area contributed by atoms with Gasteiger partial charge in [-0.1, -0.05) is 0 Å². The molecule has 0 amide bonds. The zero-order valence-corrected chi connectivity index (χ0v) is 4.53. The fraction of sp³-hybridized carbons (Fsp3) is 0.800. The van der Waals surface area contributed by atoms with Gasteiger partial charge < -0.3 is 0 Å². The zero-order valence-electron chi connectivity index (χ0n) is 4.53. The second kappa shape index (κ2) is 1.49. The number of aldehydes is 1. The minimum Gasteiger partial charge on any atom is -0.300 e. The average Bonchev–Trinajstić information content (AvgIpc) is 1.84. The quantitative estimate of drug-likeness (QED) is 0.499. The number of rotatable bonds is 1. The summed E-state index contributed by atoms with van der Waals surface area (Å²) in [7, 11) is 0. The molecule has 0 radical (unpaired) electrons. The third kappa shape index (κ3) is 0.653. The van der Waals surface area contributed by atoms with Crippen LogP contribution in [-0.2, 0) is 4.79 Å². The lowest BCUT2D eigenvalue weighted by atomic mass is 9.79. The van der Waals surface area contributed by atoms with Gasteiger partial charge in [0.1, 0.15) is 0 Å². The Bertz CT molecular complexity index is 145. The van der Waals surface area contributed by atoms with Crippen molar-refractivity contribution in [2.75, 3.05) is 0 Å². The van der Waals surface area contributed by atoms with E-state index in [2.05, 4.69) is 0 Å². The first-order valence-electron chi connectivity index (χ1n) is 2.55. The van der Waals surface area contributed by atoms with Crippen LogP contribution in [0.25, 0.3) is 0 Å². The molecule has 1 unspecified atom stereocenters. The largest absolute Gasteiger partial charge is 0.300 e. The van der Waals surface area contributed by atoms with E-state index in [0.717, 1.165) is 0 Å². The normalized spacial score (nSPS) is 39.4. The molecule has 0 N–H and O–H groups in total. The van der Waals surface area contributed by atoms with Gasteiger partial charge >= 0.3 is 0 Å². The van der Waals surface area contributed by atoms with Crippen LogP contribution in [0, 0.1) is 0 Å². The van der Waals surface area contributed by atoms with Gasteiger partial charge in [0.2, 0.25) is 5.67 Å². The Hall–Kier alpha value is -0.540. The van der Waals surface area contributed by atoms with E-state index in [1.54, 1.807) is 0 Å². The van der Waals surface area contributed by atoms with E-state index in [-0.39, 0.29) is 12.7 Å². The van der Waals surface area contributed by atoms with Crippen LogP contribution in [0.5, 0.6) is 0 Å². The van der Waals surface area contributed by atoms with Crippen molar-refractivity contribution in [3.8, 4) is 0 Å². The zero-order chi connectivity index (χ0) is 7.12. The third-order valence-electron chi connectivity index (χ3n) is 1.60.